The van der Waals surface area contributed by atoms with Crippen molar-refractivity contribution in [1.29, 1.82) is 0 Å². The van der Waals surface area contributed by atoms with E-state index in [9.17, 15) is 4.79 Å². The van der Waals surface area contributed by atoms with Crippen LogP contribution in [0.4, 0.5) is 0 Å². The van der Waals surface area contributed by atoms with E-state index in [-0.39, 0.29) is 4.87 Å². The summed E-state index contributed by atoms with van der Waals surface area (Å²) in [6.45, 7) is 2.73. The molecule has 1 aliphatic rings. The number of nitrogens with zero attached hydrogens (tertiary/aromatic N) is 3. The summed E-state index contributed by atoms with van der Waals surface area (Å²) in [6, 6.07) is 14.2. The van der Waals surface area contributed by atoms with E-state index in [4.69, 9.17) is 4.74 Å². The van der Waals surface area contributed by atoms with Crippen LogP contribution < -0.4 is 9.61 Å². The molecule has 152 valence electrons. The smallest absolute Gasteiger partial charge is 0.308 e. The van der Waals surface area contributed by atoms with Crippen LogP contribution >= 0.6 is 11.3 Å². The summed E-state index contributed by atoms with van der Waals surface area (Å²) in [6.07, 6.45) is 6.48. The quantitative estimate of drug-likeness (QED) is 0.584. The average Bonchev–Trinajstić information content (AvgIpc) is 3.14. The van der Waals surface area contributed by atoms with Crippen molar-refractivity contribution in [2.45, 2.75) is 32.4 Å². The van der Waals surface area contributed by atoms with Crippen molar-refractivity contribution < 1.29 is 4.74 Å². The third-order valence-corrected chi connectivity index (χ3v) is 6.52. The number of hydrogen-bond acceptors (Lipinski definition) is 5. The van der Waals surface area contributed by atoms with Crippen molar-refractivity contribution in [3.05, 3.63) is 69.3 Å². The van der Waals surface area contributed by atoms with Crippen LogP contribution in [0.2, 0.25) is 0 Å². The Balaban J connectivity index is 1.30. The summed E-state index contributed by atoms with van der Waals surface area (Å²) in [7, 11) is 1.70. The topological polar surface area (TPSA) is 47.4 Å². The van der Waals surface area contributed by atoms with Gasteiger partial charge < -0.3 is 4.74 Å². The van der Waals surface area contributed by atoms with Gasteiger partial charge in [0.1, 0.15) is 5.75 Å². The van der Waals surface area contributed by atoms with Gasteiger partial charge in [-0.1, -0.05) is 29.5 Å². The summed E-state index contributed by atoms with van der Waals surface area (Å²) in [5.74, 6) is 1.67. The van der Waals surface area contributed by atoms with E-state index in [2.05, 4.69) is 22.0 Å². The number of methoxy groups -OCH3 is 1. The van der Waals surface area contributed by atoms with E-state index in [0.29, 0.717) is 6.67 Å². The Morgan fingerprint density at radius 2 is 1.93 bits per heavy atom. The molecule has 2 aromatic heterocycles. The number of rotatable bonds is 7. The third-order valence-electron chi connectivity index (χ3n) is 5.76. The van der Waals surface area contributed by atoms with Crippen molar-refractivity contribution in [3.8, 4) is 17.1 Å². The molecule has 0 spiro atoms. The second kappa shape index (κ2) is 9.37. The molecule has 3 aromatic rings. The molecule has 0 bridgehead atoms. The zero-order valence-electron chi connectivity index (χ0n) is 16.8. The minimum atomic E-state index is 0.0901. The Hall–Kier alpha value is -2.44. The number of benzene rings is 1. The molecular formula is C23H27N3O2S. The first kappa shape index (κ1) is 19.9. The summed E-state index contributed by atoms with van der Waals surface area (Å²) < 4.78 is 7.10. The normalized spacial score (nSPS) is 15.5. The summed E-state index contributed by atoms with van der Waals surface area (Å²) in [5, 5.41) is 1.92. The zero-order valence-corrected chi connectivity index (χ0v) is 17.6. The maximum absolute atomic E-state index is 12.4. The Labute approximate surface area is 175 Å². The van der Waals surface area contributed by atoms with E-state index in [1.165, 1.54) is 36.2 Å². The van der Waals surface area contributed by atoms with E-state index in [1.807, 2.05) is 40.3 Å². The highest BCUT2D eigenvalue weighted by Crippen LogP contribution is 2.24. The molecule has 1 saturated heterocycles. The number of thiazole rings is 1. The number of ether oxygens (including phenoxy) is 1. The highest BCUT2D eigenvalue weighted by atomic mass is 32.1. The van der Waals surface area contributed by atoms with Crippen LogP contribution in [0.1, 0.15) is 24.8 Å². The van der Waals surface area contributed by atoms with Gasteiger partial charge >= 0.3 is 4.87 Å². The van der Waals surface area contributed by atoms with Gasteiger partial charge in [-0.2, -0.15) is 0 Å². The predicted octanol–water partition coefficient (Wildman–Crippen LogP) is 4.28. The van der Waals surface area contributed by atoms with Crippen LogP contribution in [0.15, 0.2) is 58.8 Å². The summed E-state index contributed by atoms with van der Waals surface area (Å²) >= 11 is 1.26. The third kappa shape index (κ3) is 4.95. The zero-order chi connectivity index (χ0) is 20.1. The Kier molecular flexibility index (Phi) is 6.42. The largest absolute Gasteiger partial charge is 0.497 e. The van der Waals surface area contributed by atoms with Gasteiger partial charge in [0.25, 0.3) is 0 Å². The van der Waals surface area contributed by atoms with Crippen LogP contribution in [0.3, 0.4) is 0 Å². The highest BCUT2D eigenvalue weighted by molar-refractivity contribution is 7.07. The van der Waals surface area contributed by atoms with Gasteiger partial charge in [-0.25, -0.2) is 0 Å². The van der Waals surface area contributed by atoms with E-state index in [0.717, 1.165) is 42.6 Å². The molecule has 0 atom stereocenters. The van der Waals surface area contributed by atoms with Crippen LogP contribution in [0.5, 0.6) is 5.75 Å². The Morgan fingerprint density at radius 1 is 1.14 bits per heavy atom. The lowest BCUT2D eigenvalue weighted by atomic mass is 9.90. The minimum Gasteiger partial charge on any atom is -0.497 e. The van der Waals surface area contributed by atoms with Crippen molar-refractivity contribution in [3.63, 3.8) is 0 Å². The number of pyridine rings is 1. The molecule has 0 radical (unpaired) electrons. The van der Waals surface area contributed by atoms with Gasteiger partial charge in [-0.05, 0) is 61.4 Å². The van der Waals surface area contributed by atoms with E-state index < -0.39 is 0 Å². The number of aromatic nitrogens is 2. The molecule has 29 heavy (non-hydrogen) atoms. The molecule has 0 unspecified atom stereocenters. The fourth-order valence-corrected chi connectivity index (χ4v) is 4.70. The molecule has 1 fully saturated rings. The lowest BCUT2D eigenvalue weighted by Gasteiger charge is -2.32. The molecule has 5 nitrogen and oxygen atoms in total. The molecule has 0 amide bonds. The van der Waals surface area contributed by atoms with E-state index >= 15 is 0 Å². The maximum Gasteiger partial charge on any atom is 0.308 e. The minimum absolute atomic E-state index is 0.0901. The highest BCUT2D eigenvalue weighted by Gasteiger charge is 2.21. The van der Waals surface area contributed by atoms with Gasteiger partial charge in [0, 0.05) is 24.7 Å². The standard InChI is InChI=1S/C23H27N3O2S/c1-28-20-9-7-18(8-10-20)5-6-19-11-14-25(15-12-19)17-26-22(16-29-23(26)27)21-4-2-3-13-24-21/h2-4,7-10,13,16,19H,5-6,11-12,14-15,17H2,1H3. The molecule has 1 aliphatic heterocycles. The lowest BCUT2D eigenvalue weighted by molar-refractivity contribution is 0.144. The second-order valence-electron chi connectivity index (χ2n) is 7.62. The SMILES string of the molecule is COc1ccc(CCC2CCN(Cn3c(-c4ccccn4)csc3=O)CC2)cc1. The molecular weight excluding hydrogens is 382 g/mol. The summed E-state index contributed by atoms with van der Waals surface area (Å²) in [4.78, 5) is 19.3. The second-order valence-corrected chi connectivity index (χ2v) is 8.44. The number of piperidine rings is 1. The van der Waals surface area contributed by atoms with Gasteiger partial charge in [0.2, 0.25) is 0 Å². The molecule has 3 heterocycles. The van der Waals surface area contributed by atoms with Crippen molar-refractivity contribution in [2.75, 3.05) is 20.2 Å². The fourth-order valence-electron chi connectivity index (χ4n) is 3.96. The maximum atomic E-state index is 12.4. The Morgan fingerprint density at radius 3 is 2.62 bits per heavy atom. The van der Waals surface area contributed by atoms with Gasteiger partial charge in [-0.3, -0.25) is 19.2 Å². The number of aryl methyl sites for hydroxylation is 1. The van der Waals surface area contributed by atoms with Gasteiger partial charge in [0.05, 0.1) is 25.2 Å². The van der Waals surface area contributed by atoms with Gasteiger partial charge in [-0.15, -0.1) is 0 Å². The van der Waals surface area contributed by atoms with Crippen LogP contribution in [-0.4, -0.2) is 34.7 Å². The Bertz CT molecular complexity index is 958. The van der Waals surface area contributed by atoms with E-state index in [1.54, 1.807) is 13.3 Å². The monoisotopic (exact) mass is 409 g/mol. The average molecular weight is 410 g/mol. The molecule has 0 saturated carbocycles. The van der Waals surface area contributed by atoms with Crippen molar-refractivity contribution in [2.24, 2.45) is 5.92 Å². The van der Waals surface area contributed by atoms with Crippen LogP contribution in [0, 0.1) is 5.92 Å². The molecule has 4 rings (SSSR count). The van der Waals surface area contributed by atoms with Crippen LogP contribution in [0.25, 0.3) is 11.4 Å². The molecule has 0 N–H and O–H groups in total. The lowest BCUT2D eigenvalue weighted by Crippen LogP contribution is -2.37. The molecule has 0 aliphatic carbocycles. The summed E-state index contributed by atoms with van der Waals surface area (Å²) in [5.41, 5.74) is 3.15. The van der Waals surface area contributed by atoms with Crippen LogP contribution in [-0.2, 0) is 13.1 Å². The van der Waals surface area contributed by atoms with Gasteiger partial charge in [0.15, 0.2) is 0 Å². The molecule has 6 heteroatoms. The van der Waals surface area contributed by atoms with Crippen molar-refractivity contribution >= 4 is 11.3 Å². The first-order valence-electron chi connectivity index (χ1n) is 10.2. The molecule has 1 aromatic carbocycles. The fraction of sp³-hybridized carbons (Fsp3) is 0.391. The number of hydrogen-bond donors (Lipinski definition) is 0. The van der Waals surface area contributed by atoms with Crippen molar-refractivity contribution in [1.82, 2.24) is 14.5 Å². The first-order valence-corrected chi connectivity index (χ1v) is 11.1. The first-order chi connectivity index (χ1) is 14.2. The predicted molar refractivity (Wildman–Crippen MR) is 117 cm³/mol. The number of likely N-dealkylation sites (tertiary alicyclic amines) is 1.